The summed E-state index contributed by atoms with van der Waals surface area (Å²) in [5.74, 6) is 0. The van der Waals surface area contributed by atoms with Crippen LogP contribution in [0.25, 0.3) is 0 Å². The van der Waals surface area contributed by atoms with Gasteiger partial charge >= 0.3 is 0 Å². The van der Waals surface area contributed by atoms with Crippen LogP contribution in [0.2, 0.25) is 0 Å². The standard InChI is InChI=1S/C16H22O5/c1-3-9-20-15-13(21-16(18-2)14(15)17)11-19-10-12-7-5-4-6-8-12/h3-8,13-17H,1,9-11H2,2H3/t13-,14-,15-,16+/m1/s1. The molecule has 0 radical (unpaired) electrons. The quantitative estimate of drug-likeness (QED) is 0.737. The van der Waals surface area contributed by atoms with Crippen LogP contribution in [0.1, 0.15) is 5.56 Å². The normalized spacial score (nSPS) is 28.7. The third-order valence-corrected chi connectivity index (χ3v) is 3.32. The van der Waals surface area contributed by atoms with Gasteiger partial charge in [-0.15, -0.1) is 6.58 Å². The highest BCUT2D eigenvalue weighted by molar-refractivity contribution is 5.13. The van der Waals surface area contributed by atoms with Crippen LogP contribution in [0.4, 0.5) is 0 Å². The van der Waals surface area contributed by atoms with Gasteiger partial charge in [0, 0.05) is 7.11 Å². The fourth-order valence-corrected chi connectivity index (χ4v) is 2.29. The lowest BCUT2D eigenvalue weighted by atomic mass is 10.1. The lowest BCUT2D eigenvalue weighted by Gasteiger charge is -2.19. The molecule has 0 aromatic heterocycles. The molecule has 116 valence electrons. The van der Waals surface area contributed by atoms with Crippen molar-refractivity contribution in [2.75, 3.05) is 20.3 Å². The Labute approximate surface area is 125 Å². The Kier molecular flexibility index (Phi) is 6.35. The van der Waals surface area contributed by atoms with Crippen LogP contribution < -0.4 is 0 Å². The minimum absolute atomic E-state index is 0.327. The Morgan fingerprint density at radius 3 is 2.76 bits per heavy atom. The van der Waals surface area contributed by atoms with Gasteiger partial charge in [0.05, 0.1) is 19.8 Å². The van der Waals surface area contributed by atoms with Crippen LogP contribution in [0.15, 0.2) is 43.0 Å². The van der Waals surface area contributed by atoms with Crippen LogP contribution in [0.3, 0.4) is 0 Å². The maximum atomic E-state index is 10.1. The van der Waals surface area contributed by atoms with Gasteiger partial charge in [-0.2, -0.15) is 0 Å². The molecule has 21 heavy (non-hydrogen) atoms. The molecule has 4 atom stereocenters. The molecule has 1 aromatic rings. The van der Waals surface area contributed by atoms with Gasteiger partial charge in [0.2, 0.25) is 0 Å². The summed E-state index contributed by atoms with van der Waals surface area (Å²) < 4.78 is 21.9. The molecule has 1 aliphatic rings. The number of aliphatic hydroxyl groups is 1. The third kappa shape index (κ3) is 4.36. The minimum atomic E-state index is -0.833. The van der Waals surface area contributed by atoms with E-state index in [9.17, 15) is 5.11 Å². The van der Waals surface area contributed by atoms with Crippen LogP contribution >= 0.6 is 0 Å². The Morgan fingerprint density at radius 1 is 1.33 bits per heavy atom. The molecule has 1 aliphatic heterocycles. The van der Waals surface area contributed by atoms with Crippen molar-refractivity contribution in [1.29, 1.82) is 0 Å². The van der Waals surface area contributed by atoms with E-state index in [1.807, 2.05) is 30.3 Å². The molecular weight excluding hydrogens is 272 g/mol. The molecule has 1 fully saturated rings. The largest absolute Gasteiger partial charge is 0.385 e. The summed E-state index contributed by atoms with van der Waals surface area (Å²) >= 11 is 0. The monoisotopic (exact) mass is 294 g/mol. The number of hydrogen-bond acceptors (Lipinski definition) is 5. The molecule has 0 amide bonds. The van der Waals surface area contributed by atoms with Gasteiger partial charge in [-0.05, 0) is 5.56 Å². The smallest absolute Gasteiger partial charge is 0.186 e. The molecule has 0 aliphatic carbocycles. The van der Waals surface area contributed by atoms with E-state index in [2.05, 4.69) is 6.58 Å². The molecule has 2 rings (SSSR count). The van der Waals surface area contributed by atoms with Gasteiger partial charge in [0.15, 0.2) is 6.29 Å². The van der Waals surface area contributed by atoms with E-state index in [-0.39, 0.29) is 6.10 Å². The van der Waals surface area contributed by atoms with Crippen molar-refractivity contribution in [3.8, 4) is 0 Å². The molecule has 1 N–H and O–H groups in total. The van der Waals surface area contributed by atoms with Crippen LogP contribution in [-0.2, 0) is 25.6 Å². The summed E-state index contributed by atoms with van der Waals surface area (Å²) in [4.78, 5) is 0. The zero-order valence-electron chi connectivity index (χ0n) is 12.2. The van der Waals surface area contributed by atoms with Gasteiger partial charge in [0.25, 0.3) is 0 Å². The van der Waals surface area contributed by atoms with Crippen molar-refractivity contribution in [1.82, 2.24) is 0 Å². The minimum Gasteiger partial charge on any atom is -0.385 e. The highest BCUT2D eigenvalue weighted by Gasteiger charge is 2.44. The molecule has 5 nitrogen and oxygen atoms in total. The van der Waals surface area contributed by atoms with E-state index in [4.69, 9.17) is 18.9 Å². The predicted molar refractivity (Wildman–Crippen MR) is 77.7 cm³/mol. The highest BCUT2D eigenvalue weighted by atomic mass is 16.7. The second kappa shape index (κ2) is 8.26. The number of methoxy groups -OCH3 is 1. The average Bonchev–Trinajstić information content (AvgIpc) is 2.82. The molecule has 0 saturated carbocycles. The van der Waals surface area contributed by atoms with Crippen molar-refractivity contribution < 1.29 is 24.1 Å². The first-order valence-electron chi connectivity index (χ1n) is 6.96. The molecule has 0 bridgehead atoms. The Hall–Kier alpha value is -1.24. The number of rotatable bonds is 8. The predicted octanol–water partition coefficient (Wildman–Crippen LogP) is 1.51. The molecule has 5 heteroatoms. The van der Waals surface area contributed by atoms with Gasteiger partial charge in [-0.25, -0.2) is 0 Å². The highest BCUT2D eigenvalue weighted by Crippen LogP contribution is 2.25. The van der Waals surface area contributed by atoms with Crippen LogP contribution in [0, 0.1) is 0 Å². The first-order chi connectivity index (χ1) is 10.3. The summed E-state index contributed by atoms with van der Waals surface area (Å²) in [6.07, 6.45) is -0.739. The summed E-state index contributed by atoms with van der Waals surface area (Å²) in [5.41, 5.74) is 1.09. The van der Waals surface area contributed by atoms with E-state index >= 15 is 0 Å². The maximum absolute atomic E-state index is 10.1. The van der Waals surface area contributed by atoms with Crippen LogP contribution in [-0.4, -0.2) is 50.0 Å². The molecular formula is C16H22O5. The van der Waals surface area contributed by atoms with Gasteiger partial charge in [0.1, 0.15) is 18.3 Å². The van der Waals surface area contributed by atoms with Gasteiger partial charge < -0.3 is 24.1 Å². The Bertz CT molecular complexity index is 422. The summed E-state index contributed by atoms with van der Waals surface area (Å²) in [6, 6.07) is 9.88. The number of aliphatic hydroxyl groups excluding tert-OH is 1. The van der Waals surface area contributed by atoms with Gasteiger partial charge in [-0.3, -0.25) is 0 Å². The second-order valence-electron chi connectivity index (χ2n) is 4.86. The number of hydrogen-bond donors (Lipinski definition) is 1. The fourth-order valence-electron chi connectivity index (χ4n) is 2.29. The van der Waals surface area contributed by atoms with E-state index in [1.54, 1.807) is 6.08 Å². The lowest BCUT2D eigenvalue weighted by molar-refractivity contribution is -0.156. The molecule has 0 spiro atoms. The summed E-state index contributed by atoms with van der Waals surface area (Å²) in [6.45, 7) is 4.76. The van der Waals surface area contributed by atoms with Crippen molar-refractivity contribution in [2.24, 2.45) is 0 Å². The topological polar surface area (TPSA) is 57.2 Å². The van der Waals surface area contributed by atoms with Crippen molar-refractivity contribution in [3.63, 3.8) is 0 Å². The zero-order chi connectivity index (χ0) is 15.1. The Balaban J connectivity index is 1.85. The third-order valence-electron chi connectivity index (χ3n) is 3.32. The molecule has 1 aromatic carbocycles. The van der Waals surface area contributed by atoms with E-state index < -0.39 is 18.5 Å². The fraction of sp³-hybridized carbons (Fsp3) is 0.500. The van der Waals surface area contributed by atoms with Crippen molar-refractivity contribution in [3.05, 3.63) is 48.6 Å². The molecule has 0 unspecified atom stereocenters. The SMILES string of the molecule is C=CCO[C@H]1[C@@H](O)[C@@H](OC)O[C@@H]1COCc1ccccc1. The van der Waals surface area contributed by atoms with Crippen molar-refractivity contribution >= 4 is 0 Å². The first kappa shape index (κ1) is 16.1. The van der Waals surface area contributed by atoms with Crippen molar-refractivity contribution in [2.45, 2.75) is 31.2 Å². The second-order valence-corrected chi connectivity index (χ2v) is 4.86. The van der Waals surface area contributed by atoms with E-state index in [1.165, 1.54) is 7.11 Å². The zero-order valence-corrected chi connectivity index (χ0v) is 12.2. The summed E-state index contributed by atoms with van der Waals surface area (Å²) in [7, 11) is 1.49. The molecule has 1 saturated heterocycles. The Morgan fingerprint density at radius 2 is 2.10 bits per heavy atom. The first-order valence-corrected chi connectivity index (χ1v) is 6.96. The lowest BCUT2D eigenvalue weighted by Crippen LogP contribution is -2.37. The number of ether oxygens (including phenoxy) is 4. The molecule has 1 heterocycles. The maximum Gasteiger partial charge on any atom is 0.186 e. The number of benzene rings is 1. The average molecular weight is 294 g/mol. The van der Waals surface area contributed by atoms with E-state index in [0.29, 0.717) is 19.8 Å². The summed E-state index contributed by atoms with van der Waals surface area (Å²) in [5, 5.41) is 10.1. The van der Waals surface area contributed by atoms with Crippen LogP contribution in [0.5, 0.6) is 0 Å². The van der Waals surface area contributed by atoms with Gasteiger partial charge in [-0.1, -0.05) is 36.4 Å². The van der Waals surface area contributed by atoms with E-state index in [0.717, 1.165) is 5.56 Å².